The van der Waals surface area contributed by atoms with Crippen LogP contribution in [-0.2, 0) is 11.2 Å². The van der Waals surface area contributed by atoms with E-state index in [0.717, 1.165) is 17.1 Å². The molecular weight excluding hydrogens is 426 g/mol. The van der Waals surface area contributed by atoms with Gasteiger partial charge in [-0.25, -0.2) is 4.68 Å². The number of carbonyl (C=O) groups is 1. The molecule has 0 aliphatic carbocycles. The molecule has 9 heteroatoms. The lowest BCUT2D eigenvalue weighted by molar-refractivity contribution is -0.113. The van der Waals surface area contributed by atoms with E-state index in [1.54, 1.807) is 20.3 Å². The van der Waals surface area contributed by atoms with Crippen LogP contribution >= 0.6 is 11.8 Å². The van der Waals surface area contributed by atoms with Crippen LogP contribution in [0.5, 0.6) is 11.5 Å². The number of nitrogens with one attached hydrogen (secondary N) is 1. The highest BCUT2D eigenvalue weighted by Crippen LogP contribution is 2.22. The Balaban J connectivity index is 1.49. The molecule has 2 aromatic heterocycles. The molecule has 1 amide bonds. The zero-order chi connectivity index (χ0) is 22.3. The van der Waals surface area contributed by atoms with Gasteiger partial charge in [0.25, 0.3) is 0 Å². The lowest BCUT2D eigenvalue weighted by Crippen LogP contribution is -2.16. The van der Waals surface area contributed by atoms with E-state index in [9.17, 15) is 4.79 Å². The Kier molecular flexibility index (Phi) is 6.76. The van der Waals surface area contributed by atoms with Crippen molar-refractivity contribution < 1.29 is 14.3 Å². The molecule has 32 heavy (non-hydrogen) atoms. The van der Waals surface area contributed by atoms with E-state index >= 15 is 0 Å². The van der Waals surface area contributed by atoms with Crippen molar-refractivity contribution in [3.63, 3.8) is 0 Å². The molecule has 8 nitrogen and oxygen atoms in total. The van der Waals surface area contributed by atoms with Gasteiger partial charge in [0.05, 0.1) is 20.0 Å². The number of methoxy groups -OCH3 is 2. The molecule has 0 aliphatic heterocycles. The summed E-state index contributed by atoms with van der Waals surface area (Å²) in [5.74, 6) is 2.31. The third-order valence-corrected chi connectivity index (χ3v) is 5.62. The number of aromatic nitrogens is 4. The average Bonchev–Trinajstić information content (AvgIpc) is 3.48. The van der Waals surface area contributed by atoms with Gasteiger partial charge < -0.3 is 14.8 Å². The number of ether oxygens (including phenoxy) is 2. The molecule has 0 spiro atoms. The lowest BCUT2D eigenvalue weighted by Gasteiger charge is -2.12. The zero-order valence-corrected chi connectivity index (χ0v) is 18.6. The minimum atomic E-state index is -0.137. The fourth-order valence-corrected chi connectivity index (χ4v) is 3.89. The fraction of sp³-hybridized carbons (Fsp3) is 0.174. The Hall–Kier alpha value is -3.72. The summed E-state index contributed by atoms with van der Waals surface area (Å²) in [6.07, 6.45) is 4.42. The normalized spacial score (nSPS) is 10.7. The molecule has 0 saturated heterocycles. The van der Waals surface area contributed by atoms with Crippen LogP contribution in [0.3, 0.4) is 0 Å². The molecule has 0 radical (unpaired) electrons. The minimum Gasteiger partial charge on any atom is -0.497 e. The van der Waals surface area contributed by atoms with Crippen LogP contribution in [0.2, 0.25) is 0 Å². The summed E-state index contributed by atoms with van der Waals surface area (Å²) in [7, 11) is 3.24. The molecule has 1 N–H and O–H groups in total. The molecule has 0 atom stereocenters. The van der Waals surface area contributed by atoms with E-state index in [1.807, 2.05) is 76.3 Å². The van der Waals surface area contributed by atoms with Gasteiger partial charge in [-0.05, 0) is 42.0 Å². The molecular formula is C23H23N5O3S. The number of anilines is 1. The standard InChI is InChI=1S/C23H23N5O3S/c1-30-19-10-8-17(9-11-19)14-21-25-26-23(28(21)27-12-3-4-13-27)32-16-22(29)24-18-6-5-7-20(15-18)31-2/h3-13,15H,14,16H2,1-2H3,(H,24,29). The molecule has 0 fully saturated rings. The number of nitrogens with zero attached hydrogens (tertiary/aromatic N) is 4. The van der Waals surface area contributed by atoms with Gasteiger partial charge in [-0.3, -0.25) is 9.47 Å². The summed E-state index contributed by atoms with van der Waals surface area (Å²) >= 11 is 1.33. The van der Waals surface area contributed by atoms with Crippen molar-refractivity contribution >= 4 is 23.4 Å². The van der Waals surface area contributed by atoms with Gasteiger partial charge in [0.1, 0.15) is 11.5 Å². The SMILES string of the molecule is COc1ccc(Cc2nnc(SCC(=O)Nc3cccc(OC)c3)n2-n2cccc2)cc1. The molecule has 2 aromatic carbocycles. The van der Waals surface area contributed by atoms with Gasteiger partial charge in [-0.2, -0.15) is 0 Å². The van der Waals surface area contributed by atoms with Crippen molar-refractivity contribution in [1.82, 2.24) is 19.5 Å². The first-order valence-electron chi connectivity index (χ1n) is 9.94. The third kappa shape index (κ3) is 5.12. The van der Waals surface area contributed by atoms with E-state index in [2.05, 4.69) is 15.5 Å². The Morgan fingerprint density at radius 1 is 0.969 bits per heavy atom. The second-order valence-corrected chi connectivity index (χ2v) is 7.81. The Morgan fingerprint density at radius 3 is 2.44 bits per heavy atom. The van der Waals surface area contributed by atoms with Crippen LogP contribution in [0.4, 0.5) is 5.69 Å². The van der Waals surface area contributed by atoms with E-state index in [4.69, 9.17) is 9.47 Å². The van der Waals surface area contributed by atoms with Gasteiger partial charge in [0.15, 0.2) is 5.82 Å². The monoisotopic (exact) mass is 449 g/mol. The van der Waals surface area contributed by atoms with Crippen molar-refractivity contribution in [1.29, 1.82) is 0 Å². The van der Waals surface area contributed by atoms with Crippen molar-refractivity contribution in [3.05, 3.63) is 84.4 Å². The molecule has 4 aromatic rings. The number of benzene rings is 2. The van der Waals surface area contributed by atoms with Crippen molar-refractivity contribution in [2.45, 2.75) is 11.6 Å². The van der Waals surface area contributed by atoms with Crippen LogP contribution in [0, 0.1) is 0 Å². The molecule has 2 heterocycles. The second-order valence-electron chi connectivity index (χ2n) is 6.87. The van der Waals surface area contributed by atoms with Gasteiger partial charge in [-0.1, -0.05) is 30.0 Å². The largest absolute Gasteiger partial charge is 0.497 e. The smallest absolute Gasteiger partial charge is 0.234 e. The average molecular weight is 450 g/mol. The maximum Gasteiger partial charge on any atom is 0.234 e. The minimum absolute atomic E-state index is 0.137. The maximum atomic E-state index is 12.5. The van der Waals surface area contributed by atoms with E-state index in [0.29, 0.717) is 23.0 Å². The molecule has 164 valence electrons. The van der Waals surface area contributed by atoms with Crippen LogP contribution in [-0.4, -0.2) is 45.4 Å². The van der Waals surface area contributed by atoms with E-state index < -0.39 is 0 Å². The van der Waals surface area contributed by atoms with Crippen molar-refractivity contribution in [2.75, 3.05) is 25.3 Å². The number of rotatable bonds is 9. The van der Waals surface area contributed by atoms with Crippen molar-refractivity contribution in [2.24, 2.45) is 0 Å². The molecule has 4 rings (SSSR count). The first-order valence-corrected chi connectivity index (χ1v) is 10.9. The highest BCUT2D eigenvalue weighted by atomic mass is 32.2. The van der Waals surface area contributed by atoms with E-state index in [-0.39, 0.29) is 11.7 Å². The van der Waals surface area contributed by atoms with Gasteiger partial charge in [0, 0.05) is 30.6 Å². The van der Waals surface area contributed by atoms with E-state index in [1.165, 1.54) is 11.8 Å². The molecule has 0 aliphatic rings. The summed E-state index contributed by atoms with van der Waals surface area (Å²) in [6.45, 7) is 0. The summed E-state index contributed by atoms with van der Waals surface area (Å²) in [5, 5.41) is 12.2. The number of amides is 1. The number of carbonyl (C=O) groups excluding carboxylic acids is 1. The van der Waals surface area contributed by atoms with Gasteiger partial charge in [-0.15, -0.1) is 10.2 Å². The zero-order valence-electron chi connectivity index (χ0n) is 17.8. The summed E-state index contributed by atoms with van der Waals surface area (Å²) in [5.41, 5.74) is 1.76. The number of hydrogen-bond acceptors (Lipinski definition) is 6. The fourth-order valence-electron chi connectivity index (χ4n) is 3.14. The lowest BCUT2D eigenvalue weighted by atomic mass is 10.1. The first kappa shape index (κ1) is 21.5. The topological polar surface area (TPSA) is 83.2 Å². The quantitative estimate of drug-likeness (QED) is 0.392. The highest BCUT2D eigenvalue weighted by molar-refractivity contribution is 7.99. The predicted octanol–water partition coefficient (Wildman–Crippen LogP) is 3.73. The summed E-state index contributed by atoms with van der Waals surface area (Å²) in [4.78, 5) is 12.5. The maximum absolute atomic E-state index is 12.5. The number of hydrogen-bond donors (Lipinski definition) is 1. The summed E-state index contributed by atoms with van der Waals surface area (Å²) in [6, 6.07) is 19.0. The molecule has 0 unspecified atom stereocenters. The van der Waals surface area contributed by atoms with Gasteiger partial charge in [0.2, 0.25) is 11.1 Å². The van der Waals surface area contributed by atoms with Crippen LogP contribution < -0.4 is 14.8 Å². The van der Waals surface area contributed by atoms with Crippen molar-refractivity contribution in [3.8, 4) is 11.5 Å². The molecule has 0 saturated carbocycles. The summed E-state index contributed by atoms with van der Waals surface area (Å²) < 4.78 is 14.2. The molecule has 0 bridgehead atoms. The Morgan fingerprint density at radius 2 is 1.72 bits per heavy atom. The Bertz CT molecular complexity index is 1170. The highest BCUT2D eigenvalue weighted by Gasteiger charge is 2.16. The second kappa shape index (κ2) is 10.1. The first-order chi connectivity index (χ1) is 15.7. The number of thioether (sulfide) groups is 1. The van der Waals surface area contributed by atoms with Crippen LogP contribution in [0.25, 0.3) is 0 Å². The van der Waals surface area contributed by atoms with Gasteiger partial charge >= 0.3 is 0 Å². The van der Waals surface area contributed by atoms with Crippen LogP contribution in [0.1, 0.15) is 11.4 Å². The third-order valence-electron chi connectivity index (χ3n) is 4.70. The Labute approximate surface area is 190 Å². The predicted molar refractivity (Wildman–Crippen MR) is 123 cm³/mol. The van der Waals surface area contributed by atoms with Crippen LogP contribution in [0.15, 0.2) is 78.2 Å².